The number of ether oxygens (including phenoxy) is 1. The van der Waals surface area contributed by atoms with Gasteiger partial charge in [0.15, 0.2) is 0 Å². The van der Waals surface area contributed by atoms with E-state index in [1.165, 1.54) is 16.1 Å². The maximum atomic E-state index is 13.3. The van der Waals surface area contributed by atoms with Crippen LogP contribution >= 0.6 is 24.0 Å². The van der Waals surface area contributed by atoms with Crippen molar-refractivity contribution in [3.8, 4) is 16.9 Å². The van der Waals surface area contributed by atoms with E-state index >= 15 is 0 Å². The molecule has 38 heavy (non-hydrogen) atoms. The average Bonchev–Trinajstić information content (AvgIpc) is 3.46. The van der Waals surface area contributed by atoms with Gasteiger partial charge in [-0.15, -0.1) is 0 Å². The Morgan fingerprint density at radius 2 is 1.84 bits per heavy atom. The number of sulfonamides is 1. The summed E-state index contributed by atoms with van der Waals surface area (Å²) in [5.41, 5.74) is 2.75. The standard InChI is InChI=1S/C27H28N4O4S3/c1-19(2)17-30-26(32)24(37-27(30)36)16-21-18-31(22-8-4-3-5-9-22)28-25(21)20-7-6-10-23(15-20)38(33,34)29-11-13-35-14-12-29/h3-10,15-16,18-19H,11-14,17H2,1-2H3. The zero-order chi connectivity index (χ0) is 26.9. The Labute approximate surface area is 232 Å². The third-order valence-electron chi connectivity index (χ3n) is 6.19. The smallest absolute Gasteiger partial charge is 0.266 e. The maximum Gasteiger partial charge on any atom is 0.266 e. The van der Waals surface area contributed by atoms with Gasteiger partial charge in [0.05, 0.1) is 28.7 Å². The topological polar surface area (TPSA) is 84.7 Å². The normalized spacial score (nSPS) is 18.2. The van der Waals surface area contributed by atoms with E-state index in [9.17, 15) is 13.2 Å². The molecule has 2 saturated heterocycles. The zero-order valence-corrected chi connectivity index (χ0v) is 23.6. The van der Waals surface area contributed by atoms with Gasteiger partial charge in [-0.2, -0.15) is 9.40 Å². The highest BCUT2D eigenvalue weighted by atomic mass is 32.2. The first kappa shape index (κ1) is 26.8. The minimum absolute atomic E-state index is 0.129. The molecule has 5 rings (SSSR count). The SMILES string of the molecule is CC(C)CN1C(=O)C(=Cc2cn(-c3ccccc3)nc2-c2cccc(S(=O)(=O)N3CCOCC3)c2)SC1=S. The molecule has 2 aliphatic heterocycles. The summed E-state index contributed by atoms with van der Waals surface area (Å²) in [5.74, 6) is 0.153. The van der Waals surface area contributed by atoms with Crippen LogP contribution in [0.2, 0.25) is 0 Å². The molecule has 198 valence electrons. The minimum atomic E-state index is -3.69. The van der Waals surface area contributed by atoms with Gasteiger partial charge < -0.3 is 4.74 Å². The van der Waals surface area contributed by atoms with Crippen molar-refractivity contribution in [1.82, 2.24) is 19.0 Å². The summed E-state index contributed by atoms with van der Waals surface area (Å²) in [7, 11) is -3.69. The molecule has 0 saturated carbocycles. The molecule has 8 nitrogen and oxygen atoms in total. The monoisotopic (exact) mass is 568 g/mol. The Balaban J connectivity index is 1.57. The molecule has 1 amide bonds. The quantitative estimate of drug-likeness (QED) is 0.308. The van der Waals surface area contributed by atoms with Gasteiger partial charge in [0.2, 0.25) is 10.0 Å². The highest BCUT2D eigenvalue weighted by Crippen LogP contribution is 2.35. The first-order chi connectivity index (χ1) is 18.2. The second-order valence-electron chi connectivity index (χ2n) is 9.44. The summed E-state index contributed by atoms with van der Waals surface area (Å²) in [4.78, 5) is 15.5. The number of aromatic nitrogens is 2. The van der Waals surface area contributed by atoms with Crippen LogP contribution in [0.4, 0.5) is 0 Å². The largest absolute Gasteiger partial charge is 0.379 e. The van der Waals surface area contributed by atoms with E-state index in [2.05, 4.69) is 0 Å². The average molecular weight is 569 g/mol. The Morgan fingerprint density at radius 3 is 2.55 bits per heavy atom. The number of thioether (sulfide) groups is 1. The number of nitrogens with zero attached hydrogens (tertiary/aromatic N) is 4. The highest BCUT2D eigenvalue weighted by molar-refractivity contribution is 8.26. The first-order valence-corrected chi connectivity index (χ1v) is 15.0. The zero-order valence-electron chi connectivity index (χ0n) is 21.1. The second kappa shape index (κ2) is 11.1. The third kappa shape index (κ3) is 5.48. The lowest BCUT2D eigenvalue weighted by Gasteiger charge is -2.26. The number of rotatable bonds is 7. The Hall–Kier alpha value is -2.83. The molecular weight excluding hydrogens is 541 g/mol. The van der Waals surface area contributed by atoms with Gasteiger partial charge in [-0.3, -0.25) is 9.69 Å². The molecule has 0 aliphatic carbocycles. The van der Waals surface area contributed by atoms with Gasteiger partial charge in [-0.1, -0.05) is 68.2 Å². The Kier molecular flexibility index (Phi) is 7.83. The number of para-hydroxylation sites is 1. The summed E-state index contributed by atoms with van der Waals surface area (Å²) >= 11 is 6.75. The third-order valence-corrected chi connectivity index (χ3v) is 9.46. The number of morpholine rings is 1. The van der Waals surface area contributed by atoms with Gasteiger partial charge in [-0.25, -0.2) is 13.1 Å². The Morgan fingerprint density at radius 1 is 1.11 bits per heavy atom. The van der Waals surface area contributed by atoms with Crippen LogP contribution in [0, 0.1) is 5.92 Å². The van der Waals surface area contributed by atoms with E-state index in [1.54, 1.807) is 33.9 Å². The lowest BCUT2D eigenvalue weighted by molar-refractivity contribution is -0.122. The summed E-state index contributed by atoms with van der Waals surface area (Å²) in [6.45, 7) is 6.03. The van der Waals surface area contributed by atoms with Crippen molar-refractivity contribution in [3.05, 3.63) is 71.3 Å². The first-order valence-electron chi connectivity index (χ1n) is 12.3. The molecule has 11 heteroatoms. The van der Waals surface area contributed by atoms with Crippen LogP contribution in [-0.2, 0) is 19.6 Å². The van der Waals surface area contributed by atoms with E-state index in [0.717, 1.165) is 5.69 Å². The fourth-order valence-corrected chi connectivity index (χ4v) is 7.05. The lowest BCUT2D eigenvalue weighted by Crippen LogP contribution is -2.40. The van der Waals surface area contributed by atoms with E-state index in [4.69, 9.17) is 22.1 Å². The minimum Gasteiger partial charge on any atom is -0.379 e. The molecule has 0 atom stereocenters. The van der Waals surface area contributed by atoms with Crippen LogP contribution < -0.4 is 0 Å². The van der Waals surface area contributed by atoms with Crippen molar-refractivity contribution in [2.45, 2.75) is 18.7 Å². The number of carbonyl (C=O) groups excluding carboxylic acids is 1. The molecule has 2 aliphatic rings. The fourth-order valence-electron chi connectivity index (χ4n) is 4.33. The van der Waals surface area contributed by atoms with Gasteiger partial charge in [0.1, 0.15) is 10.0 Å². The van der Waals surface area contributed by atoms with Crippen LogP contribution in [-0.4, -0.2) is 70.5 Å². The molecule has 2 fully saturated rings. The van der Waals surface area contributed by atoms with Crippen molar-refractivity contribution in [1.29, 1.82) is 0 Å². The number of thiocarbonyl (C=S) groups is 1. The van der Waals surface area contributed by atoms with E-state index in [-0.39, 0.29) is 16.7 Å². The predicted molar refractivity (Wildman–Crippen MR) is 153 cm³/mol. The molecule has 0 unspecified atom stereocenters. The number of amides is 1. The number of hydrogen-bond donors (Lipinski definition) is 0. The van der Waals surface area contributed by atoms with Crippen LogP contribution in [0.25, 0.3) is 23.0 Å². The van der Waals surface area contributed by atoms with Gasteiger partial charge in [0.25, 0.3) is 5.91 Å². The number of carbonyl (C=O) groups is 1. The van der Waals surface area contributed by atoms with E-state index in [1.807, 2.05) is 56.4 Å². The molecule has 0 radical (unpaired) electrons. The van der Waals surface area contributed by atoms with Crippen molar-refractivity contribution in [2.75, 3.05) is 32.8 Å². The number of hydrogen-bond acceptors (Lipinski definition) is 7. The molecule has 0 N–H and O–H groups in total. The molecular formula is C27H28N4O4S3. The van der Waals surface area contributed by atoms with Crippen molar-refractivity contribution >= 4 is 50.3 Å². The molecule has 3 aromatic rings. The lowest BCUT2D eigenvalue weighted by atomic mass is 10.1. The van der Waals surface area contributed by atoms with E-state index < -0.39 is 10.0 Å². The predicted octanol–water partition coefficient (Wildman–Crippen LogP) is 4.42. The summed E-state index contributed by atoms with van der Waals surface area (Å²) in [6.07, 6.45) is 3.65. The van der Waals surface area contributed by atoms with Crippen LogP contribution in [0.15, 0.2) is 70.6 Å². The maximum absolute atomic E-state index is 13.3. The van der Waals surface area contributed by atoms with Crippen molar-refractivity contribution in [2.24, 2.45) is 5.92 Å². The van der Waals surface area contributed by atoms with Gasteiger partial charge in [0, 0.05) is 37.0 Å². The molecule has 0 spiro atoms. The fraction of sp³-hybridized carbons (Fsp3) is 0.296. The second-order valence-corrected chi connectivity index (χ2v) is 13.1. The van der Waals surface area contributed by atoms with Gasteiger partial charge >= 0.3 is 0 Å². The highest BCUT2D eigenvalue weighted by Gasteiger charge is 2.33. The summed E-state index contributed by atoms with van der Waals surface area (Å²) in [6, 6.07) is 16.4. The number of benzene rings is 2. The van der Waals surface area contributed by atoms with Crippen LogP contribution in [0.1, 0.15) is 19.4 Å². The van der Waals surface area contributed by atoms with Gasteiger partial charge in [-0.05, 0) is 36.3 Å². The Bertz CT molecular complexity index is 1490. The van der Waals surface area contributed by atoms with Crippen molar-refractivity contribution in [3.63, 3.8) is 0 Å². The molecule has 2 aromatic carbocycles. The van der Waals surface area contributed by atoms with Crippen LogP contribution in [0.5, 0.6) is 0 Å². The summed E-state index contributed by atoms with van der Waals surface area (Å²) in [5, 5.41) is 4.82. The summed E-state index contributed by atoms with van der Waals surface area (Å²) < 4.78 is 35.7. The molecule has 1 aromatic heterocycles. The van der Waals surface area contributed by atoms with Crippen LogP contribution in [0.3, 0.4) is 0 Å². The molecule has 3 heterocycles. The van der Waals surface area contributed by atoms with E-state index in [0.29, 0.717) is 58.9 Å². The van der Waals surface area contributed by atoms with Crippen molar-refractivity contribution < 1.29 is 17.9 Å². The molecule has 0 bridgehead atoms.